The molecule has 0 fully saturated rings. The first-order valence-electron chi connectivity index (χ1n) is 8.84. The summed E-state index contributed by atoms with van der Waals surface area (Å²) in [6, 6.07) is 16.2. The Morgan fingerprint density at radius 1 is 1.04 bits per heavy atom. The number of nitrogens with one attached hydrogen (secondary N) is 1. The lowest BCUT2D eigenvalue weighted by Crippen LogP contribution is -2.31. The first kappa shape index (κ1) is 19.5. The number of rotatable bonds is 9. The van der Waals surface area contributed by atoms with Crippen LogP contribution in [0.3, 0.4) is 0 Å². The van der Waals surface area contributed by atoms with Crippen molar-refractivity contribution < 1.29 is 19.1 Å². The van der Waals surface area contributed by atoms with E-state index >= 15 is 0 Å². The zero-order valence-electron chi connectivity index (χ0n) is 15.2. The van der Waals surface area contributed by atoms with Crippen LogP contribution in [0.1, 0.15) is 48.7 Å². The van der Waals surface area contributed by atoms with Crippen molar-refractivity contribution in [2.24, 2.45) is 0 Å². The maximum absolute atomic E-state index is 12.0. The Hall–Kier alpha value is -2.82. The topological polar surface area (TPSA) is 64.6 Å². The van der Waals surface area contributed by atoms with Crippen LogP contribution in [0.25, 0.3) is 0 Å². The second kappa shape index (κ2) is 10.2. The molecule has 1 N–H and O–H groups in total. The lowest BCUT2D eigenvalue weighted by molar-refractivity contribution is -0.124. The summed E-state index contributed by atoms with van der Waals surface area (Å²) in [5.41, 5.74) is 1.38. The highest BCUT2D eigenvalue weighted by Crippen LogP contribution is 2.14. The van der Waals surface area contributed by atoms with Crippen LogP contribution in [0.4, 0.5) is 0 Å². The minimum Gasteiger partial charge on any atom is -0.494 e. The molecule has 2 aromatic rings. The molecule has 0 unspecified atom stereocenters. The molecule has 0 aliphatic rings. The summed E-state index contributed by atoms with van der Waals surface area (Å²) >= 11 is 0. The minimum absolute atomic E-state index is 0.151. The van der Waals surface area contributed by atoms with Gasteiger partial charge in [-0.3, -0.25) is 4.79 Å². The van der Waals surface area contributed by atoms with Gasteiger partial charge >= 0.3 is 5.97 Å². The number of benzene rings is 2. The largest absolute Gasteiger partial charge is 0.494 e. The molecule has 0 radical (unpaired) electrons. The first-order valence-corrected chi connectivity index (χ1v) is 8.84. The predicted molar refractivity (Wildman–Crippen MR) is 100 cm³/mol. The second-order valence-electron chi connectivity index (χ2n) is 6.00. The quantitative estimate of drug-likeness (QED) is 0.547. The summed E-state index contributed by atoms with van der Waals surface area (Å²) in [6.45, 7) is 4.32. The van der Waals surface area contributed by atoms with Crippen molar-refractivity contribution in [3.8, 4) is 5.75 Å². The molecule has 0 saturated heterocycles. The molecule has 0 aromatic heterocycles. The zero-order chi connectivity index (χ0) is 18.8. The van der Waals surface area contributed by atoms with E-state index in [1.165, 1.54) is 0 Å². The molecule has 0 saturated carbocycles. The van der Waals surface area contributed by atoms with Gasteiger partial charge in [-0.05, 0) is 43.2 Å². The van der Waals surface area contributed by atoms with Crippen LogP contribution in [-0.2, 0) is 9.53 Å². The normalized spacial score (nSPS) is 11.5. The molecule has 5 heteroatoms. The molecule has 0 aliphatic heterocycles. The minimum atomic E-state index is -0.535. The van der Waals surface area contributed by atoms with Gasteiger partial charge in [0.2, 0.25) is 0 Å². The Balaban J connectivity index is 1.77. The summed E-state index contributed by atoms with van der Waals surface area (Å²) < 4.78 is 10.6. The number of amides is 1. The average Bonchev–Trinajstić information content (AvgIpc) is 2.67. The third-order valence-electron chi connectivity index (χ3n) is 3.87. The summed E-state index contributed by atoms with van der Waals surface area (Å²) in [5.74, 6) is -0.161. The van der Waals surface area contributed by atoms with Crippen molar-refractivity contribution in [3.05, 3.63) is 65.7 Å². The van der Waals surface area contributed by atoms with E-state index in [1.807, 2.05) is 37.3 Å². The standard InChI is InChI=1S/C21H25NO4/c1-3-4-14-25-19-12-10-18(11-13-19)21(24)26-15-20(23)22-16(2)17-8-6-5-7-9-17/h5-13,16H,3-4,14-15H2,1-2H3,(H,22,23)/t16-/m1/s1. The Bertz CT molecular complexity index is 698. The Labute approximate surface area is 154 Å². The van der Waals surface area contributed by atoms with E-state index in [4.69, 9.17) is 9.47 Å². The smallest absolute Gasteiger partial charge is 0.338 e. The molecule has 1 atom stereocenters. The number of ether oxygens (including phenoxy) is 2. The molecule has 0 spiro atoms. The van der Waals surface area contributed by atoms with Gasteiger partial charge in [-0.1, -0.05) is 43.7 Å². The van der Waals surface area contributed by atoms with Crippen LogP contribution in [0, 0.1) is 0 Å². The van der Waals surface area contributed by atoms with E-state index in [0.29, 0.717) is 17.9 Å². The van der Waals surface area contributed by atoms with Crippen molar-refractivity contribution in [2.45, 2.75) is 32.7 Å². The second-order valence-corrected chi connectivity index (χ2v) is 6.00. The van der Waals surface area contributed by atoms with Gasteiger partial charge in [0.05, 0.1) is 18.2 Å². The van der Waals surface area contributed by atoms with Crippen molar-refractivity contribution in [3.63, 3.8) is 0 Å². The first-order chi connectivity index (χ1) is 12.6. The fourth-order valence-electron chi connectivity index (χ4n) is 2.34. The van der Waals surface area contributed by atoms with Gasteiger partial charge in [0.1, 0.15) is 5.75 Å². The monoisotopic (exact) mass is 355 g/mol. The maximum atomic E-state index is 12.0. The highest BCUT2D eigenvalue weighted by molar-refractivity contribution is 5.91. The lowest BCUT2D eigenvalue weighted by Gasteiger charge is -2.14. The van der Waals surface area contributed by atoms with E-state index in [2.05, 4.69) is 12.2 Å². The number of hydrogen-bond donors (Lipinski definition) is 1. The number of esters is 1. The van der Waals surface area contributed by atoms with Crippen LogP contribution in [0.2, 0.25) is 0 Å². The van der Waals surface area contributed by atoms with Gasteiger partial charge in [-0.2, -0.15) is 0 Å². The summed E-state index contributed by atoms with van der Waals surface area (Å²) in [6.07, 6.45) is 2.05. The SMILES string of the molecule is CCCCOc1ccc(C(=O)OCC(=O)N[C@H](C)c2ccccc2)cc1. The van der Waals surface area contributed by atoms with Crippen molar-refractivity contribution >= 4 is 11.9 Å². The van der Waals surface area contributed by atoms with Gasteiger partial charge in [-0.25, -0.2) is 4.79 Å². The maximum Gasteiger partial charge on any atom is 0.338 e. The van der Waals surface area contributed by atoms with Crippen molar-refractivity contribution in [1.29, 1.82) is 0 Å². The van der Waals surface area contributed by atoms with Gasteiger partial charge in [0.15, 0.2) is 6.61 Å². The molecule has 1 amide bonds. The molecule has 26 heavy (non-hydrogen) atoms. The molecule has 2 rings (SSSR count). The van der Waals surface area contributed by atoms with Crippen LogP contribution in [0.5, 0.6) is 5.75 Å². The number of carbonyl (C=O) groups is 2. The van der Waals surface area contributed by atoms with Gasteiger partial charge < -0.3 is 14.8 Å². The Morgan fingerprint density at radius 2 is 1.73 bits per heavy atom. The van der Waals surface area contributed by atoms with Crippen molar-refractivity contribution in [1.82, 2.24) is 5.32 Å². The molecule has 138 valence electrons. The van der Waals surface area contributed by atoms with Crippen LogP contribution >= 0.6 is 0 Å². The Kier molecular flexibility index (Phi) is 7.68. The van der Waals surface area contributed by atoms with Gasteiger partial charge in [-0.15, -0.1) is 0 Å². The van der Waals surface area contributed by atoms with Gasteiger partial charge in [0, 0.05) is 0 Å². The summed E-state index contributed by atoms with van der Waals surface area (Å²) in [5, 5.41) is 2.80. The van der Waals surface area contributed by atoms with E-state index in [0.717, 1.165) is 18.4 Å². The summed E-state index contributed by atoms with van der Waals surface area (Å²) in [7, 11) is 0. The van der Waals surface area contributed by atoms with Crippen molar-refractivity contribution in [2.75, 3.05) is 13.2 Å². The zero-order valence-corrected chi connectivity index (χ0v) is 15.2. The van der Waals surface area contributed by atoms with E-state index in [1.54, 1.807) is 24.3 Å². The van der Waals surface area contributed by atoms with Crippen LogP contribution < -0.4 is 10.1 Å². The number of hydrogen-bond acceptors (Lipinski definition) is 4. The van der Waals surface area contributed by atoms with Gasteiger partial charge in [0.25, 0.3) is 5.91 Å². The van der Waals surface area contributed by atoms with E-state index < -0.39 is 5.97 Å². The fourth-order valence-corrected chi connectivity index (χ4v) is 2.34. The third-order valence-corrected chi connectivity index (χ3v) is 3.87. The number of carbonyl (C=O) groups excluding carboxylic acids is 2. The average molecular weight is 355 g/mol. The van der Waals surface area contributed by atoms with Crippen LogP contribution in [-0.4, -0.2) is 25.1 Å². The molecular weight excluding hydrogens is 330 g/mol. The molecule has 5 nitrogen and oxygen atoms in total. The molecule has 0 aliphatic carbocycles. The molecule has 0 bridgehead atoms. The third kappa shape index (κ3) is 6.24. The Morgan fingerprint density at radius 3 is 2.38 bits per heavy atom. The number of unbranched alkanes of at least 4 members (excludes halogenated alkanes) is 1. The predicted octanol–water partition coefficient (Wildman–Crippen LogP) is 3.90. The lowest BCUT2D eigenvalue weighted by atomic mass is 10.1. The highest BCUT2D eigenvalue weighted by Gasteiger charge is 2.13. The molecule has 0 heterocycles. The van der Waals surface area contributed by atoms with Crippen LogP contribution in [0.15, 0.2) is 54.6 Å². The molecular formula is C21H25NO4. The van der Waals surface area contributed by atoms with E-state index in [9.17, 15) is 9.59 Å². The van der Waals surface area contributed by atoms with E-state index in [-0.39, 0.29) is 18.6 Å². The summed E-state index contributed by atoms with van der Waals surface area (Å²) in [4.78, 5) is 24.0. The highest BCUT2D eigenvalue weighted by atomic mass is 16.5. The fraction of sp³-hybridized carbons (Fsp3) is 0.333. The molecule has 2 aromatic carbocycles.